The highest BCUT2D eigenvalue weighted by Crippen LogP contribution is 2.20. The Morgan fingerprint density at radius 1 is 1.21 bits per heavy atom. The normalized spacial score (nSPS) is 13.6. The summed E-state index contributed by atoms with van der Waals surface area (Å²) in [5.41, 5.74) is 1.30. The van der Waals surface area contributed by atoms with Gasteiger partial charge in [-0.15, -0.1) is 0 Å². The third kappa shape index (κ3) is 7.45. The van der Waals surface area contributed by atoms with Crippen molar-refractivity contribution in [3.05, 3.63) is 12.2 Å². The Labute approximate surface area is 93.7 Å². The highest BCUT2D eigenvalue weighted by Gasteiger charge is 2.07. The summed E-state index contributed by atoms with van der Waals surface area (Å²) in [7, 11) is 0. The van der Waals surface area contributed by atoms with Gasteiger partial charge in [0.25, 0.3) is 0 Å². The molecule has 1 unspecified atom stereocenters. The molecule has 0 aromatic carbocycles. The maximum atomic E-state index is 4.07. The van der Waals surface area contributed by atoms with Crippen LogP contribution in [0.25, 0.3) is 0 Å². The topological polar surface area (TPSA) is 12.0 Å². The molecule has 1 atom stereocenters. The van der Waals surface area contributed by atoms with E-state index >= 15 is 0 Å². The smallest absolute Gasteiger partial charge is 0.0172 e. The number of thioether (sulfide) groups is 1. The molecule has 0 fully saturated rings. The fourth-order valence-electron chi connectivity index (χ4n) is 0.841. The second-order valence-corrected chi connectivity index (χ2v) is 5.91. The first-order valence-corrected chi connectivity index (χ1v) is 6.50. The van der Waals surface area contributed by atoms with Crippen LogP contribution < -0.4 is 5.32 Å². The van der Waals surface area contributed by atoms with Crippen LogP contribution in [-0.4, -0.2) is 23.6 Å². The van der Waals surface area contributed by atoms with E-state index in [2.05, 4.69) is 46.5 Å². The fraction of sp³-hybridized carbons (Fsp3) is 0.833. The van der Waals surface area contributed by atoms with Crippen LogP contribution in [0, 0.1) is 5.92 Å². The SMILES string of the molecule is C=C(CNC(C)C)CSC(C)C(C)C. The molecule has 0 aliphatic rings. The minimum Gasteiger partial charge on any atom is -0.311 e. The number of hydrogen-bond acceptors (Lipinski definition) is 2. The summed E-state index contributed by atoms with van der Waals surface area (Å²) in [6.45, 7) is 16.2. The van der Waals surface area contributed by atoms with Gasteiger partial charge in [-0.1, -0.05) is 46.8 Å². The van der Waals surface area contributed by atoms with Crippen molar-refractivity contribution < 1.29 is 0 Å². The Kier molecular flexibility index (Phi) is 7.38. The van der Waals surface area contributed by atoms with Crippen molar-refractivity contribution >= 4 is 11.8 Å². The van der Waals surface area contributed by atoms with E-state index in [0.717, 1.165) is 23.5 Å². The molecule has 0 amide bonds. The summed E-state index contributed by atoms with van der Waals surface area (Å²) in [6.07, 6.45) is 0. The van der Waals surface area contributed by atoms with Gasteiger partial charge in [-0.3, -0.25) is 0 Å². The van der Waals surface area contributed by atoms with Gasteiger partial charge in [0.05, 0.1) is 0 Å². The van der Waals surface area contributed by atoms with Crippen molar-refractivity contribution in [1.82, 2.24) is 5.32 Å². The lowest BCUT2D eigenvalue weighted by atomic mass is 10.2. The molecule has 0 aliphatic carbocycles. The van der Waals surface area contributed by atoms with Gasteiger partial charge in [-0.05, 0) is 5.92 Å². The largest absolute Gasteiger partial charge is 0.311 e. The Bertz CT molecular complexity index is 164. The highest BCUT2D eigenvalue weighted by atomic mass is 32.2. The van der Waals surface area contributed by atoms with Crippen LogP contribution in [0.5, 0.6) is 0 Å². The zero-order chi connectivity index (χ0) is 11.1. The van der Waals surface area contributed by atoms with Crippen molar-refractivity contribution in [2.75, 3.05) is 12.3 Å². The third-order valence-corrected chi connectivity index (χ3v) is 3.89. The van der Waals surface area contributed by atoms with Crippen LogP contribution in [0.1, 0.15) is 34.6 Å². The zero-order valence-corrected chi connectivity index (χ0v) is 11.1. The van der Waals surface area contributed by atoms with E-state index in [4.69, 9.17) is 0 Å². The van der Waals surface area contributed by atoms with E-state index in [1.54, 1.807) is 0 Å². The number of rotatable bonds is 7. The van der Waals surface area contributed by atoms with E-state index in [1.165, 1.54) is 5.57 Å². The van der Waals surface area contributed by atoms with Crippen LogP contribution in [0.3, 0.4) is 0 Å². The predicted molar refractivity (Wildman–Crippen MR) is 69.0 cm³/mol. The van der Waals surface area contributed by atoms with E-state index in [9.17, 15) is 0 Å². The summed E-state index contributed by atoms with van der Waals surface area (Å²) >= 11 is 2.00. The van der Waals surface area contributed by atoms with Gasteiger partial charge < -0.3 is 5.32 Å². The Morgan fingerprint density at radius 3 is 2.21 bits per heavy atom. The van der Waals surface area contributed by atoms with Crippen LogP contribution in [0.4, 0.5) is 0 Å². The van der Waals surface area contributed by atoms with Gasteiger partial charge in [0.1, 0.15) is 0 Å². The molecule has 0 saturated heterocycles. The van der Waals surface area contributed by atoms with Crippen molar-refractivity contribution in [3.63, 3.8) is 0 Å². The molecular formula is C12H25NS. The molecule has 0 bridgehead atoms. The summed E-state index contributed by atoms with van der Waals surface area (Å²) in [6, 6.07) is 0.555. The van der Waals surface area contributed by atoms with Crippen molar-refractivity contribution in [1.29, 1.82) is 0 Å². The first-order chi connectivity index (χ1) is 6.43. The summed E-state index contributed by atoms with van der Waals surface area (Å²) in [4.78, 5) is 0. The Balaban J connectivity index is 3.54. The summed E-state index contributed by atoms with van der Waals surface area (Å²) in [5.74, 6) is 1.84. The molecule has 14 heavy (non-hydrogen) atoms. The van der Waals surface area contributed by atoms with Crippen molar-refractivity contribution in [2.24, 2.45) is 5.92 Å². The van der Waals surface area contributed by atoms with Crippen LogP contribution >= 0.6 is 11.8 Å². The molecule has 0 radical (unpaired) electrons. The fourth-order valence-corrected chi connectivity index (χ4v) is 1.83. The number of hydrogen-bond donors (Lipinski definition) is 1. The molecule has 84 valence electrons. The second-order valence-electron chi connectivity index (χ2n) is 4.55. The molecular weight excluding hydrogens is 190 g/mol. The maximum Gasteiger partial charge on any atom is 0.0172 e. The molecule has 0 aromatic heterocycles. The van der Waals surface area contributed by atoms with Crippen molar-refractivity contribution in [3.8, 4) is 0 Å². The predicted octanol–water partition coefficient (Wildman–Crippen LogP) is 3.32. The number of nitrogens with one attached hydrogen (secondary N) is 1. The lowest BCUT2D eigenvalue weighted by Crippen LogP contribution is -2.25. The van der Waals surface area contributed by atoms with Crippen molar-refractivity contribution in [2.45, 2.75) is 45.9 Å². The average Bonchev–Trinajstić information content (AvgIpc) is 2.10. The molecule has 0 aliphatic heterocycles. The van der Waals surface area contributed by atoms with Gasteiger partial charge in [0.15, 0.2) is 0 Å². The molecule has 0 aromatic rings. The first-order valence-electron chi connectivity index (χ1n) is 5.45. The van der Waals surface area contributed by atoms with E-state index in [-0.39, 0.29) is 0 Å². The minimum atomic E-state index is 0.555. The third-order valence-electron chi connectivity index (χ3n) is 2.25. The molecule has 2 heteroatoms. The Hall–Kier alpha value is 0.0500. The Morgan fingerprint density at radius 2 is 1.79 bits per heavy atom. The van der Waals surface area contributed by atoms with Crippen LogP contribution in [0.2, 0.25) is 0 Å². The molecule has 0 spiro atoms. The zero-order valence-electron chi connectivity index (χ0n) is 10.3. The monoisotopic (exact) mass is 215 g/mol. The average molecular weight is 215 g/mol. The summed E-state index contributed by atoms with van der Waals surface area (Å²) in [5, 5.41) is 4.11. The maximum absolute atomic E-state index is 4.07. The molecule has 0 rings (SSSR count). The first kappa shape index (κ1) is 14.1. The van der Waals surface area contributed by atoms with Gasteiger partial charge in [-0.2, -0.15) is 11.8 Å². The van der Waals surface area contributed by atoms with E-state index in [1.807, 2.05) is 11.8 Å². The molecule has 0 saturated carbocycles. The standard InChI is InChI=1S/C12H25NS/c1-9(2)12(6)14-8-11(5)7-13-10(3)4/h9-10,12-13H,5,7-8H2,1-4,6H3. The lowest BCUT2D eigenvalue weighted by Gasteiger charge is -2.16. The highest BCUT2D eigenvalue weighted by molar-refractivity contribution is 8.00. The summed E-state index contributed by atoms with van der Waals surface area (Å²) < 4.78 is 0. The minimum absolute atomic E-state index is 0.555. The lowest BCUT2D eigenvalue weighted by molar-refractivity contribution is 0.621. The van der Waals surface area contributed by atoms with Gasteiger partial charge in [0, 0.05) is 23.6 Å². The van der Waals surface area contributed by atoms with E-state index in [0.29, 0.717) is 6.04 Å². The molecule has 1 N–H and O–H groups in total. The molecule has 0 heterocycles. The van der Waals surface area contributed by atoms with Gasteiger partial charge in [-0.25, -0.2) is 0 Å². The van der Waals surface area contributed by atoms with Gasteiger partial charge >= 0.3 is 0 Å². The van der Waals surface area contributed by atoms with E-state index < -0.39 is 0 Å². The van der Waals surface area contributed by atoms with Crippen LogP contribution in [-0.2, 0) is 0 Å². The van der Waals surface area contributed by atoms with Gasteiger partial charge in [0.2, 0.25) is 0 Å². The molecule has 1 nitrogen and oxygen atoms in total. The quantitative estimate of drug-likeness (QED) is 0.654. The van der Waals surface area contributed by atoms with Crippen LogP contribution in [0.15, 0.2) is 12.2 Å². The second kappa shape index (κ2) is 7.36.